The Hall–Kier alpha value is -1.35. The van der Waals surface area contributed by atoms with Gasteiger partial charge in [0.25, 0.3) is 0 Å². The number of rotatable bonds is 2. The average Bonchev–Trinajstić information content (AvgIpc) is 2.98. The lowest BCUT2D eigenvalue weighted by Crippen LogP contribution is -2.33. The van der Waals surface area contributed by atoms with E-state index in [1.807, 2.05) is 12.1 Å². The molecule has 17 heavy (non-hydrogen) atoms. The minimum absolute atomic E-state index is 0.149. The van der Waals surface area contributed by atoms with E-state index in [0.717, 1.165) is 31.2 Å². The zero-order valence-electron chi connectivity index (χ0n) is 9.71. The predicted octanol–water partition coefficient (Wildman–Crippen LogP) is 3.34. The van der Waals surface area contributed by atoms with Crippen LogP contribution in [0.15, 0.2) is 28.9 Å². The Morgan fingerprint density at radius 2 is 2.00 bits per heavy atom. The third kappa shape index (κ3) is 1.49. The van der Waals surface area contributed by atoms with Crippen LogP contribution < -0.4 is 5.73 Å². The van der Waals surface area contributed by atoms with Crippen LogP contribution in [0.3, 0.4) is 0 Å². The average molecular weight is 233 g/mol. The number of hydrogen-bond donors (Lipinski definition) is 1. The van der Waals surface area contributed by atoms with Gasteiger partial charge in [-0.2, -0.15) is 0 Å². The molecule has 2 nitrogen and oxygen atoms in total. The first kappa shape index (κ1) is 10.8. The fraction of sp³-hybridized carbons (Fsp3) is 0.429. The van der Waals surface area contributed by atoms with Crippen molar-refractivity contribution < 1.29 is 8.81 Å². The van der Waals surface area contributed by atoms with Gasteiger partial charge in [-0.25, -0.2) is 4.39 Å². The van der Waals surface area contributed by atoms with Crippen LogP contribution in [0.2, 0.25) is 0 Å². The SMILES string of the molecule is NCC1(c2ccc3occc3c2F)CCCC1. The molecule has 0 spiro atoms. The second-order valence-corrected chi connectivity index (χ2v) is 4.95. The van der Waals surface area contributed by atoms with Crippen LogP contribution in [0.25, 0.3) is 11.0 Å². The number of fused-ring (bicyclic) bond motifs is 1. The van der Waals surface area contributed by atoms with Crippen molar-refractivity contribution in [2.24, 2.45) is 5.73 Å². The maximum absolute atomic E-state index is 14.5. The van der Waals surface area contributed by atoms with Gasteiger partial charge < -0.3 is 10.2 Å². The van der Waals surface area contributed by atoms with Crippen molar-refractivity contribution in [1.29, 1.82) is 0 Å². The van der Waals surface area contributed by atoms with Crippen LogP contribution in [0.5, 0.6) is 0 Å². The quantitative estimate of drug-likeness (QED) is 0.864. The first-order chi connectivity index (χ1) is 8.27. The van der Waals surface area contributed by atoms with Gasteiger partial charge in [0, 0.05) is 12.0 Å². The molecule has 0 aliphatic heterocycles. The number of nitrogens with two attached hydrogens (primary N) is 1. The molecule has 0 atom stereocenters. The van der Waals surface area contributed by atoms with Crippen LogP contribution in [-0.4, -0.2) is 6.54 Å². The molecular formula is C14H16FNO. The summed E-state index contributed by atoms with van der Waals surface area (Å²) < 4.78 is 19.7. The number of hydrogen-bond acceptors (Lipinski definition) is 2. The van der Waals surface area contributed by atoms with Gasteiger partial charge in [0.15, 0.2) is 0 Å². The normalized spacial score (nSPS) is 18.9. The summed E-state index contributed by atoms with van der Waals surface area (Å²) in [5, 5.41) is 0.572. The van der Waals surface area contributed by atoms with Crippen molar-refractivity contribution >= 4 is 11.0 Å². The van der Waals surface area contributed by atoms with Gasteiger partial charge in [0.1, 0.15) is 11.4 Å². The Kier molecular flexibility index (Phi) is 2.44. The molecule has 0 radical (unpaired) electrons. The largest absolute Gasteiger partial charge is 0.464 e. The highest BCUT2D eigenvalue weighted by atomic mass is 19.1. The van der Waals surface area contributed by atoms with Gasteiger partial charge in [0.05, 0.1) is 11.6 Å². The summed E-state index contributed by atoms with van der Waals surface area (Å²) >= 11 is 0. The molecule has 0 bridgehead atoms. The monoisotopic (exact) mass is 233 g/mol. The molecule has 3 heteroatoms. The smallest absolute Gasteiger partial charge is 0.138 e. The van der Waals surface area contributed by atoms with Crippen LogP contribution in [0, 0.1) is 5.82 Å². The number of furan rings is 1. The second-order valence-electron chi connectivity index (χ2n) is 4.95. The Morgan fingerprint density at radius 3 is 2.71 bits per heavy atom. The fourth-order valence-electron chi connectivity index (χ4n) is 3.05. The zero-order valence-corrected chi connectivity index (χ0v) is 9.71. The third-order valence-electron chi connectivity index (χ3n) is 4.09. The molecule has 1 fully saturated rings. The second kappa shape index (κ2) is 3.84. The van der Waals surface area contributed by atoms with Gasteiger partial charge in [-0.15, -0.1) is 0 Å². The van der Waals surface area contributed by atoms with Crippen molar-refractivity contribution in [1.82, 2.24) is 0 Å². The van der Waals surface area contributed by atoms with E-state index in [9.17, 15) is 4.39 Å². The minimum Gasteiger partial charge on any atom is -0.464 e. The predicted molar refractivity (Wildman–Crippen MR) is 65.4 cm³/mol. The summed E-state index contributed by atoms with van der Waals surface area (Å²) in [5.41, 5.74) is 7.12. The summed E-state index contributed by atoms with van der Waals surface area (Å²) in [6.45, 7) is 0.521. The van der Waals surface area contributed by atoms with E-state index in [4.69, 9.17) is 10.2 Å². The molecular weight excluding hydrogens is 217 g/mol. The van der Waals surface area contributed by atoms with Gasteiger partial charge in [0.2, 0.25) is 0 Å². The minimum atomic E-state index is -0.157. The molecule has 1 aliphatic rings. The molecule has 3 rings (SSSR count). The lowest BCUT2D eigenvalue weighted by Gasteiger charge is -2.28. The Morgan fingerprint density at radius 1 is 1.24 bits per heavy atom. The number of benzene rings is 1. The molecule has 2 aromatic rings. The fourth-order valence-corrected chi connectivity index (χ4v) is 3.05. The summed E-state index contributed by atoms with van der Waals surface area (Å²) in [6, 6.07) is 5.39. The van der Waals surface area contributed by atoms with Crippen molar-refractivity contribution in [3.63, 3.8) is 0 Å². The molecule has 1 aromatic carbocycles. The standard InChI is InChI=1S/C14H16FNO/c15-13-10-5-8-17-12(10)4-3-11(13)14(9-16)6-1-2-7-14/h3-5,8H,1-2,6-7,9,16H2. The maximum atomic E-state index is 14.5. The summed E-state index contributed by atoms with van der Waals surface area (Å²) in [4.78, 5) is 0. The Bertz CT molecular complexity index is 540. The van der Waals surface area contributed by atoms with Crippen LogP contribution in [0.4, 0.5) is 4.39 Å². The molecule has 1 aliphatic carbocycles. The highest BCUT2D eigenvalue weighted by molar-refractivity contribution is 5.79. The molecule has 2 N–H and O–H groups in total. The van der Waals surface area contributed by atoms with E-state index in [2.05, 4.69) is 0 Å². The van der Waals surface area contributed by atoms with Crippen LogP contribution in [0.1, 0.15) is 31.2 Å². The Labute approximate surface area is 99.6 Å². The lowest BCUT2D eigenvalue weighted by atomic mass is 9.78. The zero-order chi connectivity index (χ0) is 11.9. The molecule has 1 heterocycles. The molecule has 90 valence electrons. The summed E-state index contributed by atoms with van der Waals surface area (Å²) in [7, 11) is 0. The van der Waals surface area contributed by atoms with Crippen molar-refractivity contribution in [2.75, 3.05) is 6.54 Å². The van der Waals surface area contributed by atoms with E-state index < -0.39 is 0 Å². The highest BCUT2D eigenvalue weighted by Crippen LogP contribution is 2.42. The van der Waals surface area contributed by atoms with Gasteiger partial charge in [-0.05, 0) is 30.5 Å². The lowest BCUT2D eigenvalue weighted by molar-refractivity contribution is 0.429. The summed E-state index contributed by atoms with van der Waals surface area (Å²) in [5.74, 6) is -0.149. The molecule has 0 saturated heterocycles. The van der Waals surface area contributed by atoms with E-state index in [1.165, 1.54) is 6.26 Å². The van der Waals surface area contributed by atoms with Crippen molar-refractivity contribution in [3.8, 4) is 0 Å². The van der Waals surface area contributed by atoms with Crippen molar-refractivity contribution in [2.45, 2.75) is 31.1 Å². The van der Waals surface area contributed by atoms with Crippen LogP contribution >= 0.6 is 0 Å². The van der Waals surface area contributed by atoms with Gasteiger partial charge in [-0.3, -0.25) is 0 Å². The molecule has 0 amide bonds. The molecule has 0 unspecified atom stereocenters. The van der Waals surface area contributed by atoms with Gasteiger partial charge >= 0.3 is 0 Å². The van der Waals surface area contributed by atoms with E-state index >= 15 is 0 Å². The molecule has 1 aromatic heterocycles. The molecule has 1 saturated carbocycles. The summed E-state index contributed by atoms with van der Waals surface area (Å²) in [6.07, 6.45) is 5.79. The third-order valence-corrected chi connectivity index (χ3v) is 4.09. The number of halogens is 1. The van der Waals surface area contributed by atoms with E-state index in [-0.39, 0.29) is 11.2 Å². The van der Waals surface area contributed by atoms with E-state index in [0.29, 0.717) is 17.5 Å². The van der Waals surface area contributed by atoms with Gasteiger partial charge in [-0.1, -0.05) is 18.9 Å². The topological polar surface area (TPSA) is 39.2 Å². The highest BCUT2D eigenvalue weighted by Gasteiger charge is 2.36. The van der Waals surface area contributed by atoms with E-state index in [1.54, 1.807) is 6.07 Å². The van der Waals surface area contributed by atoms with Crippen LogP contribution in [-0.2, 0) is 5.41 Å². The maximum Gasteiger partial charge on any atom is 0.138 e. The first-order valence-corrected chi connectivity index (χ1v) is 6.13. The van der Waals surface area contributed by atoms with Crippen molar-refractivity contribution in [3.05, 3.63) is 35.8 Å². The first-order valence-electron chi connectivity index (χ1n) is 6.13. The Balaban J connectivity index is 2.19.